The number of fused-ring (bicyclic) bond motifs is 1. The molecule has 0 spiro atoms. The Bertz CT molecular complexity index is 447. The summed E-state index contributed by atoms with van der Waals surface area (Å²) >= 11 is 0. The molecule has 3 nitrogen and oxygen atoms in total. The molecule has 20 heavy (non-hydrogen) atoms. The van der Waals surface area contributed by atoms with E-state index in [-0.39, 0.29) is 0 Å². The number of hydrogen-bond acceptors (Lipinski definition) is 3. The van der Waals surface area contributed by atoms with E-state index < -0.39 is 0 Å². The summed E-state index contributed by atoms with van der Waals surface area (Å²) in [7, 11) is 0. The fourth-order valence-corrected chi connectivity index (χ4v) is 3.40. The monoisotopic (exact) mass is 274 g/mol. The SMILES string of the molecule is CCN1CCCC(COc2cccc3c2CNCC3)C1. The molecule has 0 amide bonds. The number of nitrogens with one attached hydrogen (secondary N) is 1. The van der Waals surface area contributed by atoms with E-state index in [1.807, 2.05) is 0 Å². The first-order valence-electron chi connectivity index (χ1n) is 8.03. The van der Waals surface area contributed by atoms with E-state index in [0.29, 0.717) is 5.92 Å². The predicted molar refractivity (Wildman–Crippen MR) is 82.2 cm³/mol. The van der Waals surface area contributed by atoms with Crippen molar-refractivity contribution < 1.29 is 4.74 Å². The van der Waals surface area contributed by atoms with E-state index in [0.717, 1.165) is 31.9 Å². The summed E-state index contributed by atoms with van der Waals surface area (Å²) in [6.07, 6.45) is 3.75. The Labute approximate surface area is 122 Å². The molecule has 0 aliphatic carbocycles. The van der Waals surface area contributed by atoms with Gasteiger partial charge in [-0.05, 0) is 50.5 Å². The number of likely N-dealkylation sites (tertiary alicyclic amines) is 1. The average molecular weight is 274 g/mol. The summed E-state index contributed by atoms with van der Waals surface area (Å²) < 4.78 is 6.17. The van der Waals surface area contributed by atoms with Crippen molar-refractivity contribution in [1.82, 2.24) is 10.2 Å². The molecular formula is C17H26N2O. The maximum atomic E-state index is 6.17. The van der Waals surface area contributed by atoms with E-state index in [1.165, 1.54) is 43.6 Å². The van der Waals surface area contributed by atoms with Gasteiger partial charge in [0.2, 0.25) is 0 Å². The molecule has 2 heterocycles. The first-order chi connectivity index (χ1) is 9.86. The highest BCUT2D eigenvalue weighted by Crippen LogP contribution is 2.26. The first kappa shape index (κ1) is 13.9. The third kappa shape index (κ3) is 3.15. The van der Waals surface area contributed by atoms with Crippen LogP contribution >= 0.6 is 0 Å². The number of ether oxygens (including phenoxy) is 1. The lowest BCUT2D eigenvalue weighted by Gasteiger charge is -2.32. The van der Waals surface area contributed by atoms with Gasteiger partial charge >= 0.3 is 0 Å². The minimum absolute atomic E-state index is 0.691. The van der Waals surface area contributed by atoms with Crippen LogP contribution < -0.4 is 10.1 Å². The fourth-order valence-electron chi connectivity index (χ4n) is 3.40. The topological polar surface area (TPSA) is 24.5 Å². The molecule has 3 heteroatoms. The van der Waals surface area contributed by atoms with Crippen LogP contribution in [0, 0.1) is 5.92 Å². The van der Waals surface area contributed by atoms with Crippen molar-refractivity contribution in [1.29, 1.82) is 0 Å². The maximum Gasteiger partial charge on any atom is 0.124 e. The summed E-state index contributed by atoms with van der Waals surface area (Å²) in [6.45, 7) is 8.79. The Morgan fingerprint density at radius 2 is 2.35 bits per heavy atom. The Morgan fingerprint density at radius 1 is 1.40 bits per heavy atom. The summed E-state index contributed by atoms with van der Waals surface area (Å²) in [5.74, 6) is 1.79. The van der Waals surface area contributed by atoms with Gasteiger partial charge in [-0.2, -0.15) is 0 Å². The highest BCUT2D eigenvalue weighted by molar-refractivity contribution is 5.41. The molecule has 1 saturated heterocycles. The van der Waals surface area contributed by atoms with Gasteiger partial charge < -0.3 is 15.0 Å². The minimum Gasteiger partial charge on any atom is -0.493 e. The van der Waals surface area contributed by atoms with E-state index in [9.17, 15) is 0 Å². The molecule has 1 aromatic rings. The van der Waals surface area contributed by atoms with Gasteiger partial charge in [-0.15, -0.1) is 0 Å². The van der Waals surface area contributed by atoms with Crippen LogP contribution in [-0.2, 0) is 13.0 Å². The van der Waals surface area contributed by atoms with E-state index in [2.05, 4.69) is 35.3 Å². The molecule has 0 radical (unpaired) electrons. The van der Waals surface area contributed by atoms with Gasteiger partial charge in [0.05, 0.1) is 6.61 Å². The van der Waals surface area contributed by atoms with Crippen molar-refractivity contribution in [3.63, 3.8) is 0 Å². The van der Waals surface area contributed by atoms with Crippen molar-refractivity contribution in [3.8, 4) is 5.75 Å². The van der Waals surface area contributed by atoms with Crippen molar-refractivity contribution in [2.24, 2.45) is 5.92 Å². The van der Waals surface area contributed by atoms with Gasteiger partial charge in [-0.25, -0.2) is 0 Å². The molecular weight excluding hydrogens is 248 g/mol. The standard InChI is InChI=1S/C17H26N2O/c1-2-19-10-4-5-14(12-19)13-20-17-7-3-6-15-8-9-18-11-16(15)17/h3,6-7,14,18H,2,4-5,8-13H2,1H3. The van der Waals surface area contributed by atoms with Gasteiger partial charge in [0.15, 0.2) is 0 Å². The molecule has 110 valence electrons. The van der Waals surface area contributed by atoms with Crippen LogP contribution in [0.2, 0.25) is 0 Å². The molecule has 3 rings (SSSR count). The van der Waals surface area contributed by atoms with Crippen LogP contribution in [0.15, 0.2) is 18.2 Å². The molecule has 2 aliphatic rings. The molecule has 1 unspecified atom stereocenters. The Kier molecular flexibility index (Phi) is 4.58. The highest BCUT2D eigenvalue weighted by Gasteiger charge is 2.20. The average Bonchev–Trinajstić information content (AvgIpc) is 2.53. The summed E-state index contributed by atoms with van der Waals surface area (Å²) in [5.41, 5.74) is 2.84. The third-order valence-electron chi connectivity index (χ3n) is 4.63. The lowest BCUT2D eigenvalue weighted by Crippen LogP contribution is -2.37. The van der Waals surface area contributed by atoms with E-state index in [1.54, 1.807) is 0 Å². The van der Waals surface area contributed by atoms with Crippen molar-refractivity contribution in [2.45, 2.75) is 32.7 Å². The van der Waals surface area contributed by atoms with Gasteiger partial charge in [-0.3, -0.25) is 0 Å². The number of hydrogen-bond donors (Lipinski definition) is 1. The summed E-state index contributed by atoms with van der Waals surface area (Å²) in [5, 5.41) is 3.45. The summed E-state index contributed by atoms with van der Waals surface area (Å²) in [4.78, 5) is 2.54. The van der Waals surface area contributed by atoms with Gasteiger partial charge in [0, 0.05) is 24.6 Å². The smallest absolute Gasteiger partial charge is 0.124 e. The molecule has 2 aliphatic heterocycles. The van der Waals surface area contributed by atoms with Crippen molar-refractivity contribution in [2.75, 3.05) is 32.8 Å². The Morgan fingerprint density at radius 3 is 3.25 bits per heavy atom. The molecule has 0 saturated carbocycles. The Hall–Kier alpha value is -1.06. The highest BCUT2D eigenvalue weighted by atomic mass is 16.5. The number of piperidine rings is 1. The molecule has 1 N–H and O–H groups in total. The number of nitrogens with zero attached hydrogens (tertiary/aromatic N) is 1. The third-order valence-corrected chi connectivity index (χ3v) is 4.63. The van der Waals surface area contributed by atoms with Crippen molar-refractivity contribution in [3.05, 3.63) is 29.3 Å². The van der Waals surface area contributed by atoms with Gasteiger partial charge in [0.1, 0.15) is 5.75 Å². The van der Waals surface area contributed by atoms with Crippen molar-refractivity contribution >= 4 is 0 Å². The van der Waals surface area contributed by atoms with Crippen LogP contribution in [0.3, 0.4) is 0 Å². The lowest BCUT2D eigenvalue weighted by molar-refractivity contribution is 0.134. The second-order valence-electron chi connectivity index (χ2n) is 6.03. The quantitative estimate of drug-likeness (QED) is 0.912. The van der Waals surface area contributed by atoms with E-state index in [4.69, 9.17) is 4.74 Å². The number of rotatable bonds is 4. The summed E-state index contributed by atoms with van der Waals surface area (Å²) in [6, 6.07) is 6.51. The van der Waals surface area contributed by atoms with Crippen LogP contribution in [0.1, 0.15) is 30.9 Å². The normalized spacial score (nSPS) is 23.4. The van der Waals surface area contributed by atoms with Gasteiger partial charge in [-0.1, -0.05) is 19.1 Å². The first-order valence-corrected chi connectivity index (χ1v) is 8.03. The van der Waals surface area contributed by atoms with Crippen LogP contribution in [0.5, 0.6) is 5.75 Å². The lowest BCUT2D eigenvalue weighted by atomic mass is 9.98. The zero-order valence-electron chi connectivity index (χ0n) is 12.5. The van der Waals surface area contributed by atoms with E-state index >= 15 is 0 Å². The molecule has 1 atom stereocenters. The van der Waals surface area contributed by atoms with Crippen LogP contribution in [0.4, 0.5) is 0 Å². The zero-order valence-corrected chi connectivity index (χ0v) is 12.5. The maximum absolute atomic E-state index is 6.17. The molecule has 1 aromatic carbocycles. The van der Waals surface area contributed by atoms with Gasteiger partial charge in [0.25, 0.3) is 0 Å². The molecule has 1 fully saturated rings. The van der Waals surface area contributed by atoms with Crippen LogP contribution in [-0.4, -0.2) is 37.7 Å². The predicted octanol–water partition coefficient (Wildman–Crippen LogP) is 2.44. The second kappa shape index (κ2) is 6.59. The zero-order chi connectivity index (χ0) is 13.8. The second-order valence-corrected chi connectivity index (χ2v) is 6.03. The largest absolute Gasteiger partial charge is 0.493 e. The van der Waals surface area contributed by atoms with Crippen LogP contribution in [0.25, 0.3) is 0 Å². The molecule has 0 aromatic heterocycles. The fraction of sp³-hybridized carbons (Fsp3) is 0.647. The number of benzene rings is 1. The molecule has 0 bridgehead atoms. The Balaban J connectivity index is 1.61. The minimum atomic E-state index is 0.691.